The van der Waals surface area contributed by atoms with Crippen LogP contribution in [-0.4, -0.2) is 23.7 Å². The van der Waals surface area contributed by atoms with Crippen LogP contribution in [0.25, 0.3) is 0 Å². The van der Waals surface area contributed by atoms with Crippen molar-refractivity contribution in [3.63, 3.8) is 0 Å². The van der Waals surface area contributed by atoms with Crippen LogP contribution in [0.5, 0.6) is 0 Å². The molecule has 1 aliphatic rings. The first-order valence-corrected chi connectivity index (χ1v) is 6.47. The highest BCUT2D eigenvalue weighted by Crippen LogP contribution is 2.24. The summed E-state index contributed by atoms with van der Waals surface area (Å²) in [6, 6.07) is 2.93. The SMILES string of the molecule is O=C(NC1CCC(CO)CC1)c1ccc(F)cc1F. The highest BCUT2D eigenvalue weighted by Gasteiger charge is 2.23. The molecule has 19 heavy (non-hydrogen) atoms. The lowest BCUT2D eigenvalue weighted by molar-refractivity contribution is 0.0910. The van der Waals surface area contributed by atoms with E-state index in [0.29, 0.717) is 12.0 Å². The number of hydrogen-bond donors (Lipinski definition) is 2. The topological polar surface area (TPSA) is 49.3 Å². The van der Waals surface area contributed by atoms with Gasteiger partial charge in [0.05, 0.1) is 5.56 Å². The lowest BCUT2D eigenvalue weighted by Crippen LogP contribution is -2.38. The molecule has 0 aliphatic heterocycles. The van der Waals surface area contributed by atoms with Gasteiger partial charge in [-0.2, -0.15) is 0 Å². The fourth-order valence-corrected chi connectivity index (χ4v) is 2.43. The van der Waals surface area contributed by atoms with Crippen molar-refractivity contribution in [2.45, 2.75) is 31.7 Å². The number of halogens is 2. The fraction of sp³-hybridized carbons (Fsp3) is 0.500. The summed E-state index contributed by atoms with van der Waals surface area (Å²) in [6.45, 7) is 0.174. The molecule has 1 saturated carbocycles. The molecule has 0 radical (unpaired) electrons. The van der Waals surface area contributed by atoms with Gasteiger partial charge in [0, 0.05) is 18.7 Å². The van der Waals surface area contributed by atoms with E-state index in [4.69, 9.17) is 5.11 Å². The van der Waals surface area contributed by atoms with Crippen molar-refractivity contribution in [3.05, 3.63) is 35.4 Å². The van der Waals surface area contributed by atoms with E-state index in [9.17, 15) is 13.6 Å². The van der Waals surface area contributed by atoms with E-state index in [0.717, 1.165) is 37.8 Å². The van der Waals surface area contributed by atoms with Crippen molar-refractivity contribution < 1.29 is 18.7 Å². The van der Waals surface area contributed by atoms with E-state index in [2.05, 4.69) is 5.32 Å². The van der Waals surface area contributed by atoms with Gasteiger partial charge in [-0.15, -0.1) is 0 Å². The molecule has 104 valence electrons. The lowest BCUT2D eigenvalue weighted by atomic mass is 9.86. The van der Waals surface area contributed by atoms with Gasteiger partial charge in [0.15, 0.2) is 0 Å². The second-order valence-electron chi connectivity index (χ2n) is 5.00. The van der Waals surface area contributed by atoms with Gasteiger partial charge in [0.2, 0.25) is 0 Å². The molecule has 1 aromatic rings. The number of aliphatic hydroxyl groups is 1. The summed E-state index contributed by atoms with van der Waals surface area (Å²) in [5, 5.41) is 11.8. The summed E-state index contributed by atoms with van der Waals surface area (Å²) in [4.78, 5) is 11.9. The second kappa shape index (κ2) is 6.10. The van der Waals surface area contributed by atoms with E-state index in [1.165, 1.54) is 0 Å². The molecule has 1 aliphatic carbocycles. The normalized spacial score (nSPS) is 23.1. The van der Waals surface area contributed by atoms with E-state index < -0.39 is 17.5 Å². The molecule has 2 N–H and O–H groups in total. The van der Waals surface area contributed by atoms with E-state index in [1.54, 1.807) is 0 Å². The number of nitrogens with one attached hydrogen (secondary N) is 1. The molecule has 3 nitrogen and oxygen atoms in total. The third-order valence-electron chi connectivity index (χ3n) is 3.62. The van der Waals surface area contributed by atoms with Gasteiger partial charge < -0.3 is 10.4 Å². The van der Waals surface area contributed by atoms with Crippen LogP contribution in [0.3, 0.4) is 0 Å². The van der Waals surface area contributed by atoms with Crippen LogP contribution < -0.4 is 5.32 Å². The lowest BCUT2D eigenvalue weighted by Gasteiger charge is -2.28. The van der Waals surface area contributed by atoms with Crippen molar-refractivity contribution in [1.82, 2.24) is 5.32 Å². The van der Waals surface area contributed by atoms with Crippen molar-refractivity contribution in [1.29, 1.82) is 0 Å². The fourth-order valence-electron chi connectivity index (χ4n) is 2.43. The number of hydrogen-bond acceptors (Lipinski definition) is 2. The van der Waals surface area contributed by atoms with Crippen molar-refractivity contribution in [3.8, 4) is 0 Å². The van der Waals surface area contributed by atoms with Crippen LogP contribution in [0.4, 0.5) is 8.78 Å². The van der Waals surface area contributed by atoms with Crippen LogP contribution >= 0.6 is 0 Å². The van der Waals surface area contributed by atoms with Gasteiger partial charge in [0.25, 0.3) is 5.91 Å². The molecule has 2 rings (SSSR count). The molecule has 0 atom stereocenters. The number of rotatable bonds is 3. The zero-order chi connectivity index (χ0) is 13.8. The van der Waals surface area contributed by atoms with Gasteiger partial charge in [-0.25, -0.2) is 8.78 Å². The summed E-state index contributed by atoms with van der Waals surface area (Å²) in [5.41, 5.74) is -0.134. The molecule has 1 aromatic carbocycles. The molecule has 0 heterocycles. The quantitative estimate of drug-likeness (QED) is 0.884. The van der Waals surface area contributed by atoms with Gasteiger partial charge >= 0.3 is 0 Å². The third kappa shape index (κ3) is 3.50. The highest BCUT2D eigenvalue weighted by molar-refractivity contribution is 5.94. The monoisotopic (exact) mass is 269 g/mol. The summed E-state index contributed by atoms with van der Waals surface area (Å²) >= 11 is 0. The molecule has 0 aromatic heterocycles. The molecule has 0 bridgehead atoms. The maximum atomic E-state index is 13.4. The maximum absolute atomic E-state index is 13.4. The Kier molecular flexibility index (Phi) is 4.47. The van der Waals surface area contributed by atoms with Crippen molar-refractivity contribution in [2.24, 2.45) is 5.92 Å². The average Bonchev–Trinajstić information content (AvgIpc) is 2.39. The predicted molar refractivity (Wildman–Crippen MR) is 66.7 cm³/mol. The standard InChI is InChI=1S/C14H17F2NO2/c15-10-3-6-12(13(16)7-10)14(19)17-11-4-1-9(8-18)2-5-11/h3,6-7,9,11,18H,1-2,4-5,8H2,(H,17,19). The zero-order valence-corrected chi connectivity index (χ0v) is 10.5. The molecular formula is C14H17F2NO2. The van der Waals surface area contributed by atoms with Crippen LogP contribution in [0, 0.1) is 17.6 Å². The van der Waals surface area contributed by atoms with E-state index >= 15 is 0 Å². The third-order valence-corrected chi connectivity index (χ3v) is 3.62. The first kappa shape index (κ1) is 13.9. The minimum atomic E-state index is -0.846. The van der Waals surface area contributed by atoms with Crippen LogP contribution in [0.1, 0.15) is 36.0 Å². The minimum Gasteiger partial charge on any atom is -0.396 e. The Morgan fingerprint density at radius 3 is 2.53 bits per heavy atom. The Labute approximate surface area is 110 Å². The summed E-state index contributed by atoms with van der Waals surface area (Å²) in [6.07, 6.45) is 3.26. The Bertz CT molecular complexity index is 457. The summed E-state index contributed by atoms with van der Waals surface area (Å²) < 4.78 is 26.2. The Morgan fingerprint density at radius 1 is 1.26 bits per heavy atom. The van der Waals surface area contributed by atoms with Gasteiger partial charge in [0.1, 0.15) is 11.6 Å². The van der Waals surface area contributed by atoms with Gasteiger partial charge in [-0.05, 0) is 43.7 Å². The highest BCUT2D eigenvalue weighted by atomic mass is 19.1. The largest absolute Gasteiger partial charge is 0.396 e. The zero-order valence-electron chi connectivity index (χ0n) is 10.5. The Balaban J connectivity index is 1.94. The number of amides is 1. The smallest absolute Gasteiger partial charge is 0.254 e. The number of aliphatic hydroxyl groups excluding tert-OH is 1. The van der Waals surface area contributed by atoms with E-state index in [-0.39, 0.29) is 18.2 Å². The number of carbonyl (C=O) groups excluding carboxylic acids is 1. The number of carbonyl (C=O) groups is 1. The molecule has 1 amide bonds. The van der Waals surface area contributed by atoms with Gasteiger partial charge in [-0.1, -0.05) is 0 Å². The second-order valence-corrected chi connectivity index (χ2v) is 5.00. The van der Waals surface area contributed by atoms with E-state index in [1.807, 2.05) is 0 Å². The summed E-state index contributed by atoms with van der Waals surface area (Å²) in [7, 11) is 0. The maximum Gasteiger partial charge on any atom is 0.254 e. The van der Waals surface area contributed by atoms with Crippen molar-refractivity contribution in [2.75, 3.05) is 6.61 Å². The van der Waals surface area contributed by atoms with Crippen LogP contribution in [0.2, 0.25) is 0 Å². The predicted octanol–water partition coefficient (Wildman–Crippen LogP) is 2.25. The van der Waals surface area contributed by atoms with Crippen molar-refractivity contribution >= 4 is 5.91 Å². The summed E-state index contributed by atoms with van der Waals surface area (Å²) in [5.74, 6) is -1.75. The molecule has 0 spiro atoms. The Morgan fingerprint density at radius 2 is 1.95 bits per heavy atom. The molecule has 0 saturated heterocycles. The van der Waals surface area contributed by atoms with Gasteiger partial charge in [-0.3, -0.25) is 4.79 Å². The first-order chi connectivity index (χ1) is 9.10. The molecule has 1 fully saturated rings. The minimum absolute atomic E-state index is 0.000229. The molecular weight excluding hydrogens is 252 g/mol. The Hall–Kier alpha value is -1.49. The molecule has 5 heteroatoms. The molecule has 0 unspecified atom stereocenters. The number of benzene rings is 1. The van der Waals surface area contributed by atoms with Crippen LogP contribution in [-0.2, 0) is 0 Å². The average molecular weight is 269 g/mol. The first-order valence-electron chi connectivity index (χ1n) is 6.47. The van der Waals surface area contributed by atoms with Crippen LogP contribution in [0.15, 0.2) is 18.2 Å².